The number of rotatable bonds is 24. The molecule has 44 heavy (non-hydrogen) atoms. The number of allylic oxidation sites excluding steroid dienone is 1. The Morgan fingerprint density at radius 1 is 0.568 bits per heavy atom. The van der Waals surface area contributed by atoms with E-state index in [1.54, 1.807) is 70.9 Å². The first kappa shape index (κ1) is 46.9. The Kier molecular flexibility index (Phi) is 30.8. The van der Waals surface area contributed by atoms with Crippen molar-refractivity contribution in [3.63, 3.8) is 0 Å². The lowest BCUT2D eigenvalue weighted by Gasteiger charge is -2.24. The van der Waals surface area contributed by atoms with E-state index in [-0.39, 0.29) is 5.97 Å². The molecule has 0 rings (SSSR count). The summed E-state index contributed by atoms with van der Waals surface area (Å²) in [6.07, 6.45) is 7.56. The van der Waals surface area contributed by atoms with Crippen LogP contribution in [0.25, 0.3) is 0 Å². The zero-order chi connectivity index (χ0) is 34.5. The molecule has 0 radical (unpaired) electrons. The second-order valence-corrected chi connectivity index (χ2v) is 18.2. The van der Waals surface area contributed by atoms with Gasteiger partial charge in [-0.25, -0.2) is 9.59 Å². The van der Waals surface area contributed by atoms with Gasteiger partial charge in [-0.1, -0.05) is 19.2 Å². The van der Waals surface area contributed by atoms with Crippen molar-refractivity contribution in [2.75, 3.05) is 77.2 Å². The van der Waals surface area contributed by atoms with E-state index in [0.29, 0.717) is 43.7 Å². The van der Waals surface area contributed by atoms with Gasteiger partial charge >= 0.3 is 38.4 Å². The van der Waals surface area contributed by atoms with Gasteiger partial charge in [0.2, 0.25) is 0 Å². The third kappa shape index (κ3) is 21.2. The van der Waals surface area contributed by atoms with Crippen molar-refractivity contribution in [1.29, 1.82) is 0 Å². The highest BCUT2D eigenvalue weighted by molar-refractivity contribution is 6.61. The van der Waals surface area contributed by atoms with Crippen LogP contribution in [0.4, 0.5) is 0 Å². The van der Waals surface area contributed by atoms with Gasteiger partial charge in [0.05, 0.1) is 13.2 Å². The maximum absolute atomic E-state index is 11.1. The molecular weight excluding hydrogens is 629 g/mol. The molecule has 0 amide bonds. The van der Waals surface area contributed by atoms with Crippen molar-refractivity contribution in [1.82, 2.24) is 0 Å². The monoisotopic (exact) mass is 686 g/mol. The van der Waals surface area contributed by atoms with Crippen molar-refractivity contribution < 1.29 is 58.9 Å². The summed E-state index contributed by atoms with van der Waals surface area (Å²) in [6, 6.07) is 2.10. The van der Waals surface area contributed by atoms with E-state index < -0.39 is 32.4 Å². The van der Waals surface area contributed by atoms with E-state index in [1.807, 2.05) is 6.08 Å². The molecule has 0 aliphatic rings. The highest BCUT2D eigenvalue weighted by atomic mass is 28.4. The highest BCUT2D eigenvalue weighted by Gasteiger charge is 2.38. The molecular formula is C28H58O13Si3. The van der Waals surface area contributed by atoms with E-state index in [4.69, 9.17) is 49.3 Å². The van der Waals surface area contributed by atoms with Crippen LogP contribution in [0.1, 0.15) is 39.0 Å². The number of ether oxygens (including phenoxy) is 2. The molecule has 0 atom stereocenters. The summed E-state index contributed by atoms with van der Waals surface area (Å²) < 4.78 is 56.9. The Bertz CT molecular complexity index is 747. The standard InChI is InChI=1S/C10H20O5Si.C9H18O5Si.C9H20O3Si/c1-9(2)10(11)15-7-6-8-16(12-3,13-4)14-5;1-5-9(10)14-7-6-8-15(11-2,12-3)13-4;1-5-6-7-8-9-13(10-2,11-3)12-4/h1,6-8H2,2-5H3;5H,1,6-8H2,2-4H3;5H,1,6-9H2,2-4H3. The lowest BCUT2D eigenvalue weighted by molar-refractivity contribution is -0.139. The van der Waals surface area contributed by atoms with Crippen LogP contribution < -0.4 is 0 Å². The minimum Gasteiger partial charge on any atom is -0.463 e. The maximum atomic E-state index is 11.1. The second kappa shape index (κ2) is 28.9. The van der Waals surface area contributed by atoms with Crippen molar-refractivity contribution >= 4 is 38.4 Å². The van der Waals surface area contributed by atoms with E-state index >= 15 is 0 Å². The quantitative estimate of drug-likeness (QED) is 0.0461. The largest absolute Gasteiger partial charge is 0.500 e. The average molecular weight is 687 g/mol. The van der Waals surface area contributed by atoms with E-state index in [2.05, 4.69) is 19.7 Å². The highest BCUT2D eigenvalue weighted by Crippen LogP contribution is 2.17. The predicted octanol–water partition coefficient (Wildman–Crippen LogP) is 4.58. The molecule has 0 aromatic rings. The van der Waals surface area contributed by atoms with Gasteiger partial charge in [-0.3, -0.25) is 0 Å². The smallest absolute Gasteiger partial charge is 0.463 e. The molecule has 0 fully saturated rings. The van der Waals surface area contributed by atoms with Gasteiger partial charge in [-0.15, -0.1) is 6.58 Å². The first-order valence-corrected chi connectivity index (χ1v) is 19.9. The van der Waals surface area contributed by atoms with Crippen LogP contribution in [0.2, 0.25) is 18.1 Å². The Labute approximate surface area is 268 Å². The van der Waals surface area contributed by atoms with Crippen LogP contribution in [0.3, 0.4) is 0 Å². The molecule has 0 saturated carbocycles. The van der Waals surface area contributed by atoms with Crippen molar-refractivity contribution in [2.45, 2.75) is 57.2 Å². The molecule has 260 valence electrons. The molecule has 0 spiro atoms. The molecule has 13 nitrogen and oxygen atoms in total. The van der Waals surface area contributed by atoms with Crippen LogP contribution in [0.15, 0.2) is 37.5 Å². The zero-order valence-corrected chi connectivity index (χ0v) is 31.7. The van der Waals surface area contributed by atoms with Gasteiger partial charge in [0, 0.05) is 93.8 Å². The van der Waals surface area contributed by atoms with Gasteiger partial charge in [-0.2, -0.15) is 0 Å². The molecule has 0 aliphatic heterocycles. The molecule has 0 bridgehead atoms. The Morgan fingerprint density at radius 3 is 1.20 bits per heavy atom. The molecule has 0 unspecified atom stereocenters. The van der Waals surface area contributed by atoms with Gasteiger partial charge in [-0.05, 0) is 39.0 Å². The Morgan fingerprint density at radius 2 is 0.909 bits per heavy atom. The lowest BCUT2D eigenvalue weighted by Crippen LogP contribution is -2.42. The fraction of sp³-hybridized carbons (Fsp3) is 0.714. The van der Waals surface area contributed by atoms with Crippen LogP contribution >= 0.6 is 0 Å². The van der Waals surface area contributed by atoms with E-state index in [0.717, 1.165) is 31.4 Å². The second-order valence-electron chi connectivity index (χ2n) is 8.92. The van der Waals surface area contributed by atoms with Gasteiger partial charge < -0.3 is 49.3 Å². The van der Waals surface area contributed by atoms with Crippen LogP contribution in [0.5, 0.6) is 0 Å². The predicted molar refractivity (Wildman–Crippen MR) is 175 cm³/mol. The minimum absolute atomic E-state index is 0.315. The summed E-state index contributed by atoms with van der Waals surface area (Å²) in [5.41, 5.74) is 0.397. The fourth-order valence-corrected chi connectivity index (χ4v) is 8.57. The van der Waals surface area contributed by atoms with Crippen molar-refractivity contribution in [3.05, 3.63) is 37.5 Å². The van der Waals surface area contributed by atoms with Crippen LogP contribution in [0, 0.1) is 0 Å². The van der Waals surface area contributed by atoms with Crippen molar-refractivity contribution in [3.8, 4) is 0 Å². The summed E-state index contributed by atoms with van der Waals surface area (Å²) in [7, 11) is 6.90. The first-order chi connectivity index (χ1) is 20.9. The molecule has 0 N–H and O–H groups in total. The SMILES string of the molecule is C=C(C)C(=O)OCCC[Si](OC)(OC)OC.C=CC(=O)OCCC[Si](OC)(OC)OC.C=CCCCC[Si](OC)(OC)OC. The average Bonchev–Trinajstić information content (AvgIpc) is 3.06. The minimum atomic E-state index is -2.53. The topological polar surface area (TPSA) is 136 Å². The number of esters is 2. The molecule has 16 heteroatoms. The van der Waals surface area contributed by atoms with Crippen molar-refractivity contribution in [2.24, 2.45) is 0 Å². The van der Waals surface area contributed by atoms with E-state index in [1.165, 1.54) is 0 Å². The third-order valence-electron chi connectivity index (χ3n) is 6.19. The molecule has 0 aromatic heterocycles. The summed E-state index contributed by atoms with van der Waals surface area (Å²) in [4.78, 5) is 21.8. The molecule has 0 heterocycles. The van der Waals surface area contributed by atoms with Gasteiger partial charge in [0.1, 0.15) is 0 Å². The van der Waals surface area contributed by atoms with Gasteiger partial charge in [0.15, 0.2) is 0 Å². The number of hydrogen-bond acceptors (Lipinski definition) is 13. The Balaban J connectivity index is -0.000000576. The Hall–Kier alpha value is -1.55. The first-order valence-electron chi connectivity index (χ1n) is 14.1. The molecule has 0 aromatic carbocycles. The maximum Gasteiger partial charge on any atom is 0.500 e. The summed E-state index contributed by atoms with van der Waals surface area (Å²) in [6.45, 7) is 12.7. The zero-order valence-electron chi connectivity index (χ0n) is 28.7. The van der Waals surface area contributed by atoms with Gasteiger partial charge in [0.25, 0.3) is 0 Å². The summed E-state index contributed by atoms with van der Waals surface area (Å²) in [5.74, 6) is -0.797. The third-order valence-corrected chi connectivity index (χ3v) is 14.7. The number of unbranched alkanes of at least 4 members (excludes halogenated alkanes) is 2. The number of carbonyl (C=O) groups excluding carboxylic acids is 2. The number of carbonyl (C=O) groups is 2. The number of hydrogen-bond donors (Lipinski definition) is 0. The summed E-state index contributed by atoms with van der Waals surface area (Å²) >= 11 is 0. The van der Waals surface area contributed by atoms with Crippen LogP contribution in [-0.2, 0) is 58.9 Å². The molecule has 0 aliphatic carbocycles. The normalized spacial score (nSPS) is 11.3. The lowest BCUT2D eigenvalue weighted by atomic mass is 10.2. The van der Waals surface area contributed by atoms with Crippen LogP contribution in [-0.4, -0.2) is 116 Å². The fourth-order valence-electron chi connectivity index (χ4n) is 3.40. The molecule has 0 saturated heterocycles. The summed E-state index contributed by atoms with van der Waals surface area (Å²) in [5, 5.41) is 0. The van der Waals surface area contributed by atoms with E-state index in [9.17, 15) is 9.59 Å².